The molecule has 12 heteroatoms. The lowest BCUT2D eigenvalue weighted by molar-refractivity contribution is -0.123. The van der Waals surface area contributed by atoms with Crippen LogP contribution in [0.1, 0.15) is 25.7 Å². The number of halogens is 1. The molecule has 2 fully saturated rings. The Morgan fingerprint density at radius 1 is 0.696 bits per heavy atom. The van der Waals surface area contributed by atoms with Gasteiger partial charge in [-0.15, -0.1) is 0 Å². The molecule has 6 N–H and O–H groups in total. The molecule has 2 aliphatic heterocycles. The van der Waals surface area contributed by atoms with Crippen molar-refractivity contribution >= 4 is 51.7 Å². The third kappa shape index (κ3) is 9.87. The fourth-order valence-corrected chi connectivity index (χ4v) is 6.06. The number of primary amides is 2. The number of aromatic nitrogens is 2. The maximum Gasteiger partial charge on any atom is 0.488 e. The van der Waals surface area contributed by atoms with Gasteiger partial charge in [0.2, 0.25) is 11.8 Å². The van der Waals surface area contributed by atoms with Crippen LogP contribution in [0.4, 0.5) is 11.4 Å². The van der Waals surface area contributed by atoms with E-state index < -0.39 is 7.12 Å². The molecule has 0 spiro atoms. The van der Waals surface area contributed by atoms with Gasteiger partial charge in [-0.25, -0.2) is 0 Å². The van der Waals surface area contributed by atoms with E-state index in [9.17, 15) is 9.59 Å². The summed E-state index contributed by atoms with van der Waals surface area (Å²) in [6.07, 6.45) is 10.6. The number of rotatable bonds is 6. The Bertz CT molecular complexity index is 1530. The smallest absolute Gasteiger partial charge is 0.423 e. The molecule has 240 valence electrons. The highest BCUT2D eigenvalue weighted by Crippen LogP contribution is 2.32. The first-order valence-corrected chi connectivity index (χ1v) is 16.1. The second kappa shape index (κ2) is 17.4. The quantitative estimate of drug-likeness (QED) is 0.225. The van der Waals surface area contributed by atoms with Crippen molar-refractivity contribution in [2.24, 2.45) is 23.3 Å². The predicted octanol–water partition coefficient (Wildman–Crippen LogP) is 3.36. The number of pyridine rings is 2. The normalized spacial score (nSPS) is 15.1. The van der Waals surface area contributed by atoms with Crippen molar-refractivity contribution in [3.05, 3.63) is 102 Å². The molecule has 0 saturated carbocycles. The van der Waals surface area contributed by atoms with Crippen LogP contribution < -0.4 is 26.7 Å². The largest absolute Gasteiger partial charge is 0.488 e. The van der Waals surface area contributed by atoms with Gasteiger partial charge >= 0.3 is 7.12 Å². The average molecular weight is 687 g/mol. The Kier molecular flexibility index (Phi) is 13.1. The van der Waals surface area contributed by atoms with Gasteiger partial charge < -0.3 is 31.3 Å². The number of hydrogen-bond acceptors (Lipinski definition) is 8. The molecule has 0 atom stereocenters. The molecular formula is C34H40BBrN6O4. The summed E-state index contributed by atoms with van der Waals surface area (Å²) in [5, 5.41) is 17.2. The molecule has 2 aliphatic rings. The summed E-state index contributed by atoms with van der Waals surface area (Å²) in [6, 6.07) is 23.0. The van der Waals surface area contributed by atoms with Crippen LogP contribution in [0, 0.1) is 11.8 Å². The van der Waals surface area contributed by atoms with Gasteiger partial charge in [0.25, 0.3) is 0 Å². The third-order valence-corrected chi connectivity index (χ3v) is 8.82. The molecule has 2 aromatic carbocycles. The van der Waals surface area contributed by atoms with E-state index in [1.807, 2.05) is 48.8 Å². The first-order chi connectivity index (χ1) is 22.2. The van der Waals surface area contributed by atoms with Crippen LogP contribution in [0.25, 0.3) is 11.1 Å². The lowest BCUT2D eigenvalue weighted by atomic mass is 9.81. The second-order valence-corrected chi connectivity index (χ2v) is 12.1. The van der Waals surface area contributed by atoms with Gasteiger partial charge in [0.05, 0.1) is 10.2 Å². The van der Waals surface area contributed by atoms with E-state index >= 15 is 0 Å². The zero-order valence-corrected chi connectivity index (χ0v) is 27.2. The molecule has 0 bridgehead atoms. The van der Waals surface area contributed by atoms with Gasteiger partial charge in [0.15, 0.2) is 0 Å². The number of anilines is 2. The average Bonchev–Trinajstić information content (AvgIpc) is 3.10. The Morgan fingerprint density at radius 2 is 1.15 bits per heavy atom. The lowest BCUT2D eigenvalue weighted by Gasteiger charge is -2.33. The van der Waals surface area contributed by atoms with E-state index in [0.717, 1.165) is 73.1 Å². The van der Waals surface area contributed by atoms with Crippen molar-refractivity contribution in [3.8, 4) is 11.1 Å². The number of piperidine rings is 2. The summed E-state index contributed by atoms with van der Waals surface area (Å²) in [4.78, 5) is 35.2. The molecule has 10 nitrogen and oxygen atoms in total. The first-order valence-electron chi connectivity index (χ1n) is 15.3. The number of carbonyl (C=O) groups is 2. The van der Waals surface area contributed by atoms with E-state index in [1.165, 1.54) is 5.69 Å². The second-order valence-electron chi connectivity index (χ2n) is 11.2. The zero-order chi connectivity index (χ0) is 32.9. The molecule has 0 radical (unpaired) electrons. The minimum atomic E-state index is -1.34. The van der Waals surface area contributed by atoms with Crippen LogP contribution in [-0.2, 0) is 9.59 Å². The molecule has 0 aliphatic carbocycles. The maximum absolute atomic E-state index is 11.3. The molecular weight excluding hydrogens is 647 g/mol. The van der Waals surface area contributed by atoms with Gasteiger partial charge in [-0.3, -0.25) is 19.6 Å². The van der Waals surface area contributed by atoms with Crippen LogP contribution in [-0.4, -0.2) is 65.1 Å². The fraction of sp³-hybridized carbons (Fsp3) is 0.294. The minimum Gasteiger partial charge on any atom is -0.423 e. The fourth-order valence-electron chi connectivity index (χ4n) is 5.56. The van der Waals surface area contributed by atoms with Crippen molar-refractivity contribution in [3.63, 3.8) is 0 Å². The SMILES string of the molecule is NC(=O)C1CCN(c2ccncc2-c2ccccc2)CC1.NC(=O)C1CCN(c2ccncc2Br)CC1.OB(O)c1ccccc1. The Labute approximate surface area is 278 Å². The van der Waals surface area contributed by atoms with E-state index in [4.69, 9.17) is 21.5 Å². The zero-order valence-electron chi connectivity index (χ0n) is 25.7. The van der Waals surface area contributed by atoms with Gasteiger partial charge in [0, 0.05) is 74.1 Å². The van der Waals surface area contributed by atoms with Gasteiger partial charge in [0.1, 0.15) is 0 Å². The summed E-state index contributed by atoms with van der Waals surface area (Å²) >= 11 is 3.48. The number of nitrogens with zero attached hydrogens (tertiary/aromatic N) is 4. The Hall–Kier alpha value is -4.26. The highest BCUT2D eigenvalue weighted by molar-refractivity contribution is 9.10. The summed E-state index contributed by atoms with van der Waals surface area (Å²) in [6.45, 7) is 3.46. The highest BCUT2D eigenvalue weighted by atomic mass is 79.9. The van der Waals surface area contributed by atoms with Crippen LogP contribution in [0.2, 0.25) is 0 Å². The number of carbonyl (C=O) groups excluding carboxylic acids is 2. The topological polar surface area (TPSA) is 159 Å². The minimum absolute atomic E-state index is 0.0169. The van der Waals surface area contributed by atoms with Crippen molar-refractivity contribution < 1.29 is 19.6 Å². The number of amides is 2. The van der Waals surface area contributed by atoms with Crippen molar-refractivity contribution in [2.75, 3.05) is 36.0 Å². The van der Waals surface area contributed by atoms with Gasteiger partial charge in [-0.1, -0.05) is 60.7 Å². The molecule has 0 unspecified atom stereocenters. The van der Waals surface area contributed by atoms with Crippen molar-refractivity contribution in [1.29, 1.82) is 0 Å². The van der Waals surface area contributed by atoms with E-state index in [0.29, 0.717) is 5.46 Å². The Balaban J connectivity index is 0.000000170. The molecule has 4 aromatic rings. The third-order valence-electron chi connectivity index (χ3n) is 8.21. The maximum atomic E-state index is 11.3. The molecule has 6 rings (SSSR count). The van der Waals surface area contributed by atoms with E-state index in [2.05, 4.69) is 47.8 Å². The molecule has 2 amide bonds. The summed E-state index contributed by atoms with van der Waals surface area (Å²) in [5.74, 6) is -0.291. The van der Waals surface area contributed by atoms with E-state index in [-0.39, 0.29) is 23.7 Å². The number of hydrogen-bond donors (Lipinski definition) is 4. The van der Waals surface area contributed by atoms with Crippen LogP contribution in [0.5, 0.6) is 0 Å². The summed E-state index contributed by atoms with van der Waals surface area (Å²) in [5.41, 5.74) is 15.9. The predicted molar refractivity (Wildman–Crippen MR) is 186 cm³/mol. The van der Waals surface area contributed by atoms with Crippen LogP contribution in [0.3, 0.4) is 0 Å². The number of benzene rings is 2. The van der Waals surface area contributed by atoms with Crippen LogP contribution in [0.15, 0.2) is 102 Å². The highest BCUT2D eigenvalue weighted by Gasteiger charge is 2.25. The molecule has 46 heavy (non-hydrogen) atoms. The molecule has 2 saturated heterocycles. The lowest BCUT2D eigenvalue weighted by Crippen LogP contribution is -2.38. The van der Waals surface area contributed by atoms with E-state index in [1.54, 1.807) is 36.7 Å². The van der Waals surface area contributed by atoms with Gasteiger partial charge in [-0.05, 0) is 64.8 Å². The molecule has 4 heterocycles. The van der Waals surface area contributed by atoms with Crippen molar-refractivity contribution in [1.82, 2.24) is 9.97 Å². The Morgan fingerprint density at radius 3 is 1.61 bits per heavy atom. The molecule has 2 aromatic heterocycles. The first kappa shape index (κ1) is 34.6. The summed E-state index contributed by atoms with van der Waals surface area (Å²) in [7, 11) is -1.34. The standard InChI is InChI=1S/C17H19N3O.C11H14BrN3O.C6H7BO2/c18-17(21)14-7-10-20(11-8-14)16-6-9-19-12-15(16)13-4-2-1-3-5-13;12-9-7-14-4-1-10(9)15-5-2-8(3-6-15)11(13)16;8-7(9)6-4-2-1-3-5-6/h1-6,9,12,14H,7-8,10-11H2,(H2,18,21);1,4,7-8H,2-3,5-6H2,(H2,13,16);1-5,8-9H. The summed E-state index contributed by atoms with van der Waals surface area (Å²) < 4.78 is 0.993. The van der Waals surface area contributed by atoms with Gasteiger partial charge in [-0.2, -0.15) is 0 Å². The van der Waals surface area contributed by atoms with Crippen molar-refractivity contribution in [2.45, 2.75) is 25.7 Å². The number of nitrogens with two attached hydrogens (primary N) is 2. The van der Waals surface area contributed by atoms with Crippen LogP contribution >= 0.6 is 15.9 Å². The monoisotopic (exact) mass is 686 g/mol.